The van der Waals surface area contributed by atoms with E-state index >= 15 is 0 Å². The average molecular weight is 461 g/mol. The number of aromatic nitrogens is 1. The van der Waals surface area contributed by atoms with E-state index in [1.807, 2.05) is 42.5 Å². The lowest BCUT2D eigenvalue weighted by Crippen LogP contribution is -2.36. The second-order valence-electron chi connectivity index (χ2n) is 8.05. The van der Waals surface area contributed by atoms with Crippen molar-refractivity contribution < 1.29 is 19.1 Å². The highest BCUT2D eigenvalue weighted by Gasteiger charge is 2.29. The topological polar surface area (TPSA) is 96.0 Å². The number of methoxy groups -OCH3 is 2. The van der Waals surface area contributed by atoms with Crippen molar-refractivity contribution in [1.29, 1.82) is 0 Å². The Hall–Kier alpha value is -4.07. The fraction of sp³-hybridized carbons (Fsp3) is 0.269. The Labute approximate surface area is 198 Å². The van der Waals surface area contributed by atoms with Gasteiger partial charge in [0, 0.05) is 29.8 Å². The number of aromatic amines is 1. The number of rotatable bonds is 8. The minimum absolute atomic E-state index is 0.0215. The van der Waals surface area contributed by atoms with Gasteiger partial charge in [0.15, 0.2) is 11.5 Å². The van der Waals surface area contributed by atoms with Crippen LogP contribution in [0.2, 0.25) is 0 Å². The normalized spacial score (nSPS) is 15.6. The van der Waals surface area contributed by atoms with Crippen LogP contribution in [0, 0.1) is 5.92 Å². The molecule has 0 radical (unpaired) electrons. The molecule has 0 spiro atoms. The second-order valence-corrected chi connectivity index (χ2v) is 8.05. The van der Waals surface area contributed by atoms with Gasteiger partial charge < -0.3 is 19.8 Å². The molecule has 176 valence electrons. The molecule has 34 heavy (non-hydrogen) atoms. The van der Waals surface area contributed by atoms with Crippen LogP contribution in [0.3, 0.4) is 0 Å². The van der Waals surface area contributed by atoms with Crippen molar-refractivity contribution in [3.63, 3.8) is 0 Å². The number of hydrazone groups is 1. The van der Waals surface area contributed by atoms with Gasteiger partial charge in [0.1, 0.15) is 5.69 Å². The van der Waals surface area contributed by atoms with E-state index in [2.05, 4.69) is 17.2 Å². The van der Waals surface area contributed by atoms with E-state index in [9.17, 15) is 9.59 Å². The molecule has 4 rings (SSSR count). The first-order chi connectivity index (χ1) is 16.5. The number of carbonyl (C=O) groups excluding carboxylic acids is 2. The molecule has 0 saturated carbocycles. The quantitative estimate of drug-likeness (QED) is 0.519. The van der Waals surface area contributed by atoms with Crippen molar-refractivity contribution in [3.05, 3.63) is 77.6 Å². The molecule has 8 heteroatoms. The van der Waals surface area contributed by atoms with Gasteiger partial charge >= 0.3 is 0 Å². The monoisotopic (exact) mass is 460 g/mol. The highest BCUT2D eigenvalue weighted by atomic mass is 16.5. The first kappa shape index (κ1) is 23.1. The van der Waals surface area contributed by atoms with Crippen LogP contribution in [0.25, 0.3) is 0 Å². The summed E-state index contributed by atoms with van der Waals surface area (Å²) in [6.45, 7) is 2.36. The number of carbonyl (C=O) groups is 2. The molecule has 2 amide bonds. The molecule has 2 heterocycles. The average Bonchev–Trinajstić information content (AvgIpc) is 3.40. The van der Waals surface area contributed by atoms with Gasteiger partial charge in [-0.05, 0) is 54.4 Å². The number of nitrogens with one attached hydrogen (secondary N) is 2. The summed E-state index contributed by atoms with van der Waals surface area (Å²) >= 11 is 0. The Morgan fingerprint density at radius 3 is 2.65 bits per heavy atom. The molecule has 0 bridgehead atoms. The Morgan fingerprint density at radius 2 is 1.94 bits per heavy atom. The fourth-order valence-corrected chi connectivity index (χ4v) is 4.02. The number of anilines is 1. The van der Waals surface area contributed by atoms with Crippen LogP contribution in [0.5, 0.6) is 11.5 Å². The van der Waals surface area contributed by atoms with Crippen LogP contribution >= 0.6 is 0 Å². The lowest BCUT2D eigenvalue weighted by Gasteiger charge is -2.29. The molecule has 1 aliphatic heterocycles. The number of amides is 2. The maximum atomic E-state index is 12.9. The standard InChI is InChI=1S/C26H28N4O4/c1-4-18-15-24(31)30(29-25(18)19-10-11-22(33-2)23(14-19)34-3)16-17-7-5-8-20(13-17)28-26(32)21-9-6-12-27-21/h5-14,18,27H,4,15-16H2,1-3H3,(H,28,32). The summed E-state index contributed by atoms with van der Waals surface area (Å²) in [5.74, 6) is 1.02. The molecular weight excluding hydrogens is 432 g/mol. The molecule has 8 nitrogen and oxygen atoms in total. The van der Waals surface area contributed by atoms with Crippen LogP contribution in [-0.4, -0.2) is 41.7 Å². The van der Waals surface area contributed by atoms with E-state index in [1.54, 1.807) is 32.5 Å². The van der Waals surface area contributed by atoms with E-state index < -0.39 is 0 Å². The zero-order chi connectivity index (χ0) is 24.1. The van der Waals surface area contributed by atoms with Crippen molar-refractivity contribution >= 4 is 23.2 Å². The summed E-state index contributed by atoms with van der Waals surface area (Å²) < 4.78 is 10.8. The summed E-state index contributed by atoms with van der Waals surface area (Å²) in [4.78, 5) is 28.1. The summed E-state index contributed by atoms with van der Waals surface area (Å²) in [6, 6.07) is 16.6. The van der Waals surface area contributed by atoms with Crippen molar-refractivity contribution in [3.8, 4) is 11.5 Å². The van der Waals surface area contributed by atoms with Gasteiger partial charge in [0.25, 0.3) is 5.91 Å². The maximum Gasteiger partial charge on any atom is 0.272 e. The third kappa shape index (κ3) is 4.96. The Balaban J connectivity index is 1.58. The summed E-state index contributed by atoms with van der Waals surface area (Å²) in [5.41, 5.74) is 3.74. The van der Waals surface area contributed by atoms with E-state index in [-0.39, 0.29) is 17.7 Å². The zero-order valence-corrected chi connectivity index (χ0v) is 19.5. The Bertz CT molecular complexity index is 1200. The van der Waals surface area contributed by atoms with E-state index in [0.29, 0.717) is 35.8 Å². The van der Waals surface area contributed by atoms with Crippen LogP contribution in [0.1, 0.15) is 41.4 Å². The molecule has 1 unspecified atom stereocenters. The minimum atomic E-state index is -0.226. The van der Waals surface area contributed by atoms with E-state index in [1.165, 1.54) is 5.01 Å². The van der Waals surface area contributed by atoms with Gasteiger partial charge in [0.2, 0.25) is 5.91 Å². The van der Waals surface area contributed by atoms with Crippen LogP contribution in [0.4, 0.5) is 5.69 Å². The lowest BCUT2D eigenvalue weighted by atomic mass is 9.89. The third-order valence-corrected chi connectivity index (χ3v) is 5.86. The minimum Gasteiger partial charge on any atom is -0.493 e. The van der Waals surface area contributed by atoms with Crippen molar-refractivity contribution in [2.75, 3.05) is 19.5 Å². The lowest BCUT2D eigenvalue weighted by molar-refractivity contribution is -0.133. The predicted octanol–water partition coefficient (Wildman–Crippen LogP) is 4.45. The first-order valence-corrected chi connectivity index (χ1v) is 11.2. The molecular formula is C26H28N4O4. The third-order valence-electron chi connectivity index (χ3n) is 5.86. The molecule has 0 aliphatic carbocycles. The number of benzene rings is 2. The maximum absolute atomic E-state index is 12.9. The molecule has 1 aromatic heterocycles. The van der Waals surface area contributed by atoms with Crippen molar-refractivity contribution in [1.82, 2.24) is 9.99 Å². The first-order valence-electron chi connectivity index (χ1n) is 11.2. The summed E-state index contributed by atoms with van der Waals surface area (Å²) in [7, 11) is 3.19. The molecule has 0 fully saturated rings. The largest absolute Gasteiger partial charge is 0.493 e. The number of ether oxygens (including phenoxy) is 2. The van der Waals surface area contributed by atoms with Crippen molar-refractivity contribution in [2.24, 2.45) is 11.0 Å². The fourth-order valence-electron chi connectivity index (χ4n) is 4.02. The molecule has 1 atom stereocenters. The number of hydrogen-bond acceptors (Lipinski definition) is 5. The molecule has 2 N–H and O–H groups in total. The molecule has 3 aromatic rings. The predicted molar refractivity (Wildman–Crippen MR) is 130 cm³/mol. The van der Waals surface area contributed by atoms with Gasteiger partial charge in [0.05, 0.1) is 26.5 Å². The van der Waals surface area contributed by atoms with Crippen LogP contribution in [-0.2, 0) is 11.3 Å². The summed E-state index contributed by atoms with van der Waals surface area (Å²) in [5, 5.41) is 9.13. The number of hydrogen-bond donors (Lipinski definition) is 2. The second kappa shape index (κ2) is 10.2. The smallest absolute Gasteiger partial charge is 0.272 e. The zero-order valence-electron chi connectivity index (χ0n) is 19.5. The van der Waals surface area contributed by atoms with Gasteiger partial charge in [-0.15, -0.1) is 0 Å². The molecule has 1 aliphatic rings. The highest BCUT2D eigenvalue weighted by Crippen LogP contribution is 2.31. The molecule has 0 saturated heterocycles. The van der Waals surface area contributed by atoms with Gasteiger partial charge in [-0.2, -0.15) is 5.10 Å². The number of H-pyrrole nitrogens is 1. The SMILES string of the molecule is CCC1CC(=O)N(Cc2cccc(NC(=O)c3ccc[nH]3)c2)N=C1c1ccc(OC)c(OC)c1. The van der Waals surface area contributed by atoms with E-state index in [0.717, 1.165) is 23.3 Å². The van der Waals surface area contributed by atoms with E-state index in [4.69, 9.17) is 14.6 Å². The molecule has 2 aromatic carbocycles. The Morgan fingerprint density at radius 1 is 1.12 bits per heavy atom. The Kier molecular flexibility index (Phi) is 6.96. The van der Waals surface area contributed by atoms with Crippen LogP contribution < -0.4 is 14.8 Å². The summed E-state index contributed by atoms with van der Waals surface area (Å²) in [6.07, 6.45) is 2.88. The van der Waals surface area contributed by atoms with Gasteiger partial charge in [-0.25, -0.2) is 5.01 Å². The van der Waals surface area contributed by atoms with Crippen LogP contribution in [0.15, 0.2) is 65.9 Å². The van der Waals surface area contributed by atoms with Gasteiger partial charge in [-0.1, -0.05) is 19.1 Å². The van der Waals surface area contributed by atoms with Gasteiger partial charge in [-0.3, -0.25) is 9.59 Å². The van der Waals surface area contributed by atoms with Crippen molar-refractivity contribution in [2.45, 2.75) is 26.3 Å². The highest BCUT2D eigenvalue weighted by molar-refractivity contribution is 6.06. The number of nitrogens with zero attached hydrogens (tertiary/aromatic N) is 2.